The number of carbonyl (C=O) groups excluding carboxylic acids is 1. The van der Waals surface area contributed by atoms with E-state index in [4.69, 9.17) is 4.74 Å². The number of benzene rings is 1. The van der Waals surface area contributed by atoms with Gasteiger partial charge in [0.1, 0.15) is 5.75 Å². The van der Waals surface area contributed by atoms with Crippen LogP contribution in [-0.4, -0.2) is 18.6 Å². The minimum atomic E-state index is -0.983. The number of halogens is 2. The van der Waals surface area contributed by atoms with Crippen LogP contribution < -0.4 is 10.1 Å². The van der Waals surface area contributed by atoms with E-state index >= 15 is 0 Å². The second-order valence-electron chi connectivity index (χ2n) is 4.41. The van der Waals surface area contributed by atoms with Crippen LogP contribution in [0.15, 0.2) is 18.2 Å². The van der Waals surface area contributed by atoms with Crippen molar-refractivity contribution in [2.45, 2.75) is 31.7 Å². The lowest BCUT2D eigenvalue weighted by molar-refractivity contribution is -0.123. The third-order valence-electron chi connectivity index (χ3n) is 2.98. The van der Waals surface area contributed by atoms with Crippen molar-refractivity contribution in [3.8, 4) is 5.75 Å². The van der Waals surface area contributed by atoms with E-state index in [0.29, 0.717) is 0 Å². The number of ether oxygens (including phenoxy) is 1. The molecule has 0 spiro atoms. The first-order valence-corrected chi connectivity index (χ1v) is 6.02. The van der Waals surface area contributed by atoms with Crippen molar-refractivity contribution >= 4 is 5.91 Å². The van der Waals surface area contributed by atoms with Crippen LogP contribution in [0.25, 0.3) is 0 Å². The number of hydrogen-bond donors (Lipinski definition) is 1. The lowest BCUT2D eigenvalue weighted by Crippen LogP contribution is -2.36. The van der Waals surface area contributed by atoms with Gasteiger partial charge in [-0.15, -0.1) is 0 Å². The van der Waals surface area contributed by atoms with Gasteiger partial charge in [-0.1, -0.05) is 12.8 Å². The van der Waals surface area contributed by atoms with Gasteiger partial charge >= 0.3 is 0 Å². The number of hydrogen-bond acceptors (Lipinski definition) is 2. The first-order valence-electron chi connectivity index (χ1n) is 6.02. The molecule has 0 radical (unpaired) electrons. The normalized spacial score (nSPS) is 15.7. The third-order valence-corrected chi connectivity index (χ3v) is 2.98. The van der Waals surface area contributed by atoms with Crippen LogP contribution in [0, 0.1) is 11.6 Å². The van der Waals surface area contributed by atoms with Gasteiger partial charge in [-0.2, -0.15) is 0 Å². The summed E-state index contributed by atoms with van der Waals surface area (Å²) in [6.07, 6.45) is 4.26. The SMILES string of the molecule is O=C(COc1ccc(F)c(F)c1)NC1CCCC1. The van der Waals surface area contributed by atoms with E-state index in [1.807, 2.05) is 0 Å². The van der Waals surface area contributed by atoms with Crippen LogP contribution in [0.2, 0.25) is 0 Å². The summed E-state index contributed by atoms with van der Waals surface area (Å²) >= 11 is 0. The van der Waals surface area contributed by atoms with E-state index in [-0.39, 0.29) is 24.3 Å². The van der Waals surface area contributed by atoms with Gasteiger partial charge in [-0.05, 0) is 25.0 Å². The average Bonchev–Trinajstić information content (AvgIpc) is 2.83. The second-order valence-corrected chi connectivity index (χ2v) is 4.41. The molecule has 1 aromatic rings. The van der Waals surface area contributed by atoms with Crippen molar-refractivity contribution in [3.05, 3.63) is 29.8 Å². The van der Waals surface area contributed by atoms with E-state index < -0.39 is 11.6 Å². The van der Waals surface area contributed by atoms with Gasteiger partial charge in [0.05, 0.1) is 0 Å². The van der Waals surface area contributed by atoms with E-state index in [1.165, 1.54) is 6.07 Å². The number of nitrogens with one attached hydrogen (secondary N) is 1. The zero-order valence-electron chi connectivity index (χ0n) is 9.92. The molecule has 1 saturated carbocycles. The molecule has 2 rings (SSSR count). The molecular formula is C13H15F2NO2. The maximum Gasteiger partial charge on any atom is 0.258 e. The highest BCUT2D eigenvalue weighted by Gasteiger charge is 2.17. The Kier molecular flexibility index (Phi) is 4.12. The first kappa shape index (κ1) is 12.8. The lowest BCUT2D eigenvalue weighted by atomic mass is 10.2. The Morgan fingerprint density at radius 2 is 2.00 bits per heavy atom. The molecule has 1 aromatic carbocycles. The molecule has 1 aliphatic rings. The lowest BCUT2D eigenvalue weighted by Gasteiger charge is -2.12. The Labute approximate surface area is 104 Å². The highest BCUT2D eigenvalue weighted by Crippen LogP contribution is 2.18. The Morgan fingerprint density at radius 1 is 1.28 bits per heavy atom. The monoisotopic (exact) mass is 255 g/mol. The van der Waals surface area contributed by atoms with Gasteiger partial charge in [0, 0.05) is 12.1 Å². The van der Waals surface area contributed by atoms with Crippen LogP contribution >= 0.6 is 0 Å². The van der Waals surface area contributed by atoms with Gasteiger partial charge in [0.25, 0.3) is 5.91 Å². The molecule has 0 bridgehead atoms. The van der Waals surface area contributed by atoms with Crippen LogP contribution in [0.5, 0.6) is 5.75 Å². The fraction of sp³-hybridized carbons (Fsp3) is 0.462. The van der Waals surface area contributed by atoms with Gasteiger partial charge in [-0.3, -0.25) is 4.79 Å². The first-order chi connectivity index (χ1) is 8.65. The predicted molar refractivity (Wildman–Crippen MR) is 62.3 cm³/mol. The molecule has 0 saturated heterocycles. The highest BCUT2D eigenvalue weighted by molar-refractivity contribution is 5.77. The zero-order valence-corrected chi connectivity index (χ0v) is 9.92. The summed E-state index contributed by atoms with van der Waals surface area (Å²) in [5.74, 6) is -2.00. The largest absolute Gasteiger partial charge is 0.484 e. The second kappa shape index (κ2) is 5.80. The molecule has 18 heavy (non-hydrogen) atoms. The molecule has 1 N–H and O–H groups in total. The molecule has 1 amide bonds. The van der Waals surface area contributed by atoms with Crippen molar-refractivity contribution in [1.29, 1.82) is 0 Å². The predicted octanol–water partition coefficient (Wildman–Crippen LogP) is 2.40. The van der Waals surface area contributed by atoms with Crippen LogP contribution in [0.4, 0.5) is 8.78 Å². The van der Waals surface area contributed by atoms with E-state index in [2.05, 4.69) is 5.32 Å². The summed E-state index contributed by atoms with van der Waals surface area (Å²) in [5.41, 5.74) is 0. The van der Waals surface area contributed by atoms with Gasteiger partial charge in [0.15, 0.2) is 18.2 Å². The summed E-state index contributed by atoms with van der Waals surface area (Å²) < 4.78 is 30.6. The van der Waals surface area contributed by atoms with Gasteiger partial charge < -0.3 is 10.1 Å². The minimum absolute atomic E-state index is 0.149. The smallest absolute Gasteiger partial charge is 0.258 e. The van der Waals surface area contributed by atoms with Gasteiger partial charge in [0.2, 0.25) is 0 Å². The molecule has 1 fully saturated rings. The molecule has 0 unspecified atom stereocenters. The van der Waals surface area contributed by atoms with E-state index in [1.54, 1.807) is 0 Å². The quantitative estimate of drug-likeness (QED) is 0.897. The molecular weight excluding hydrogens is 240 g/mol. The number of rotatable bonds is 4. The van der Waals surface area contributed by atoms with E-state index in [0.717, 1.165) is 37.8 Å². The Hall–Kier alpha value is -1.65. The summed E-state index contributed by atoms with van der Waals surface area (Å²) in [4.78, 5) is 11.5. The standard InChI is InChI=1S/C13H15F2NO2/c14-11-6-5-10(7-12(11)15)18-8-13(17)16-9-3-1-2-4-9/h5-7,9H,1-4,8H2,(H,16,17). The van der Waals surface area contributed by atoms with Crippen LogP contribution in [-0.2, 0) is 4.79 Å². The summed E-state index contributed by atoms with van der Waals surface area (Å²) in [6, 6.07) is 3.42. The van der Waals surface area contributed by atoms with Crippen molar-refractivity contribution in [3.63, 3.8) is 0 Å². The number of amides is 1. The van der Waals surface area contributed by atoms with Crippen LogP contribution in [0.1, 0.15) is 25.7 Å². The fourth-order valence-electron chi connectivity index (χ4n) is 2.06. The maximum atomic E-state index is 12.9. The van der Waals surface area contributed by atoms with Crippen molar-refractivity contribution in [2.75, 3.05) is 6.61 Å². The van der Waals surface area contributed by atoms with Gasteiger partial charge in [-0.25, -0.2) is 8.78 Å². The molecule has 3 nitrogen and oxygen atoms in total. The molecule has 1 aliphatic carbocycles. The topological polar surface area (TPSA) is 38.3 Å². The Bertz CT molecular complexity index is 431. The maximum absolute atomic E-state index is 12.9. The van der Waals surface area contributed by atoms with Crippen molar-refractivity contribution < 1.29 is 18.3 Å². The molecule has 98 valence electrons. The highest BCUT2D eigenvalue weighted by atomic mass is 19.2. The molecule has 5 heteroatoms. The molecule has 0 heterocycles. The fourth-order valence-corrected chi connectivity index (χ4v) is 2.06. The molecule has 0 atom stereocenters. The summed E-state index contributed by atoms with van der Waals surface area (Å²) in [7, 11) is 0. The molecule has 0 aromatic heterocycles. The zero-order chi connectivity index (χ0) is 13.0. The molecule has 0 aliphatic heterocycles. The summed E-state index contributed by atoms with van der Waals surface area (Å²) in [5, 5.41) is 2.84. The van der Waals surface area contributed by atoms with Crippen molar-refractivity contribution in [1.82, 2.24) is 5.32 Å². The van der Waals surface area contributed by atoms with E-state index in [9.17, 15) is 13.6 Å². The minimum Gasteiger partial charge on any atom is -0.484 e. The van der Waals surface area contributed by atoms with Crippen molar-refractivity contribution in [2.24, 2.45) is 0 Å². The average molecular weight is 255 g/mol. The Balaban J connectivity index is 1.79. The van der Waals surface area contributed by atoms with Crippen LogP contribution in [0.3, 0.4) is 0 Å². The third kappa shape index (κ3) is 3.42. The summed E-state index contributed by atoms with van der Waals surface area (Å²) in [6.45, 7) is -0.179. The number of carbonyl (C=O) groups is 1. The Morgan fingerprint density at radius 3 is 2.67 bits per heavy atom.